The highest BCUT2D eigenvalue weighted by Crippen LogP contribution is 2.35. The van der Waals surface area contributed by atoms with E-state index in [1.165, 1.54) is 24.0 Å². The van der Waals surface area contributed by atoms with Gasteiger partial charge in [-0.05, 0) is 71.9 Å². The van der Waals surface area contributed by atoms with E-state index in [9.17, 15) is 4.79 Å². The lowest BCUT2D eigenvalue weighted by Gasteiger charge is -2.34. The van der Waals surface area contributed by atoms with E-state index in [0.717, 1.165) is 40.7 Å². The normalized spacial score (nSPS) is 15.4. The zero-order chi connectivity index (χ0) is 25.2. The van der Waals surface area contributed by atoms with Crippen LogP contribution in [0, 0.1) is 19.8 Å². The first-order chi connectivity index (χ1) is 17.4. The number of fused-ring (bicyclic) bond motifs is 1. The van der Waals surface area contributed by atoms with Gasteiger partial charge >= 0.3 is 0 Å². The molecule has 2 aromatic carbocycles. The van der Waals surface area contributed by atoms with E-state index in [1.54, 1.807) is 0 Å². The number of tetrazole rings is 1. The number of benzene rings is 2. The van der Waals surface area contributed by atoms with Crippen molar-refractivity contribution in [1.82, 2.24) is 30.1 Å². The second kappa shape index (κ2) is 10.3. The zero-order valence-electron chi connectivity index (χ0n) is 21.7. The molecule has 1 fully saturated rings. The molecule has 36 heavy (non-hydrogen) atoms. The summed E-state index contributed by atoms with van der Waals surface area (Å²) < 4.78 is 2.06. The van der Waals surface area contributed by atoms with Crippen LogP contribution in [-0.4, -0.2) is 30.1 Å². The second-order valence-corrected chi connectivity index (χ2v) is 10.7. The molecule has 1 atom stereocenters. The molecule has 0 amide bonds. The van der Waals surface area contributed by atoms with Gasteiger partial charge in [0.05, 0.1) is 12.1 Å². The number of aromatic amines is 1. The maximum Gasteiger partial charge on any atom is 0.252 e. The zero-order valence-corrected chi connectivity index (χ0v) is 21.7. The van der Waals surface area contributed by atoms with E-state index in [2.05, 4.69) is 94.2 Å². The van der Waals surface area contributed by atoms with Crippen molar-refractivity contribution in [3.05, 3.63) is 87.0 Å². The van der Waals surface area contributed by atoms with E-state index < -0.39 is 0 Å². The Morgan fingerprint density at radius 1 is 1.06 bits per heavy atom. The van der Waals surface area contributed by atoms with Crippen molar-refractivity contribution in [3.63, 3.8) is 0 Å². The Hall–Kier alpha value is -3.32. The van der Waals surface area contributed by atoms with Crippen molar-refractivity contribution in [2.75, 3.05) is 0 Å². The van der Waals surface area contributed by atoms with Crippen LogP contribution in [0.15, 0.2) is 53.3 Å². The molecule has 7 heteroatoms. The van der Waals surface area contributed by atoms with Gasteiger partial charge in [0.15, 0.2) is 5.82 Å². The van der Waals surface area contributed by atoms with Crippen LogP contribution in [-0.2, 0) is 13.1 Å². The first-order valence-corrected chi connectivity index (χ1v) is 13.1. The Kier molecular flexibility index (Phi) is 7.01. The van der Waals surface area contributed by atoms with E-state index >= 15 is 0 Å². The molecule has 0 unspecified atom stereocenters. The molecule has 7 nitrogen and oxygen atoms in total. The average molecular weight is 485 g/mol. The summed E-state index contributed by atoms with van der Waals surface area (Å²) in [6.07, 6.45) is 4.67. The van der Waals surface area contributed by atoms with Gasteiger partial charge in [-0.15, -0.1) is 5.10 Å². The minimum atomic E-state index is -0.0385. The molecule has 2 aromatic heterocycles. The molecule has 1 aliphatic rings. The molecule has 2 heterocycles. The van der Waals surface area contributed by atoms with Crippen LogP contribution in [0.25, 0.3) is 10.9 Å². The number of aryl methyl sites for hydroxylation is 2. The monoisotopic (exact) mass is 484 g/mol. The summed E-state index contributed by atoms with van der Waals surface area (Å²) in [5, 5.41) is 14.2. The van der Waals surface area contributed by atoms with Crippen LogP contribution in [0.3, 0.4) is 0 Å². The van der Waals surface area contributed by atoms with Crippen molar-refractivity contribution in [3.8, 4) is 0 Å². The molecule has 1 saturated carbocycles. The molecule has 0 saturated heterocycles. The molecule has 0 bridgehead atoms. The summed E-state index contributed by atoms with van der Waals surface area (Å²) in [4.78, 5) is 18.8. The Morgan fingerprint density at radius 3 is 2.53 bits per heavy atom. The van der Waals surface area contributed by atoms with E-state index in [0.29, 0.717) is 19.1 Å². The summed E-state index contributed by atoms with van der Waals surface area (Å²) in [6, 6.07) is 17.0. The minimum absolute atomic E-state index is 0.0324. The highest BCUT2D eigenvalue weighted by atomic mass is 16.1. The van der Waals surface area contributed by atoms with Crippen molar-refractivity contribution in [2.45, 2.75) is 78.6 Å². The topological polar surface area (TPSA) is 79.7 Å². The SMILES string of the molecule is Cc1cc(C)c2cc(CN(Cc3ccccc3)[C@@H](c3nnnn3C3CCCC3)C(C)C)c(=O)[nH]c2c1. The third kappa shape index (κ3) is 4.98. The Labute approximate surface area is 212 Å². The van der Waals surface area contributed by atoms with Gasteiger partial charge in [0, 0.05) is 29.6 Å². The van der Waals surface area contributed by atoms with Gasteiger partial charge in [0.25, 0.3) is 5.56 Å². The van der Waals surface area contributed by atoms with Crippen LogP contribution < -0.4 is 5.56 Å². The molecule has 1 aliphatic carbocycles. The van der Waals surface area contributed by atoms with Gasteiger partial charge < -0.3 is 4.98 Å². The lowest BCUT2D eigenvalue weighted by atomic mass is 9.98. The van der Waals surface area contributed by atoms with Crippen molar-refractivity contribution in [2.24, 2.45) is 5.92 Å². The number of hydrogen-bond acceptors (Lipinski definition) is 5. The van der Waals surface area contributed by atoms with Crippen molar-refractivity contribution >= 4 is 10.9 Å². The fourth-order valence-corrected chi connectivity index (χ4v) is 5.81. The first kappa shape index (κ1) is 24.4. The van der Waals surface area contributed by atoms with E-state index in [-0.39, 0.29) is 17.5 Å². The fourth-order valence-electron chi connectivity index (χ4n) is 5.81. The van der Waals surface area contributed by atoms with Crippen molar-refractivity contribution < 1.29 is 0 Å². The minimum Gasteiger partial charge on any atom is -0.322 e. The molecule has 4 aromatic rings. The number of pyridine rings is 1. The van der Waals surface area contributed by atoms with Crippen molar-refractivity contribution in [1.29, 1.82) is 0 Å². The summed E-state index contributed by atoms with van der Waals surface area (Å²) in [7, 11) is 0. The largest absolute Gasteiger partial charge is 0.322 e. The molecular weight excluding hydrogens is 448 g/mol. The lowest BCUT2D eigenvalue weighted by Crippen LogP contribution is -2.35. The fraction of sp³-hybridized carbons (Fsp3) is 0.448. The second-order valence-electron chi connectivity index (χ2n) is 10.7. The Bertz CT molecular complexity index is 1380. The first-order valence-electron chi connectivity index (χ1n) is 13.1. The van der Waals surface area contributed by atoms with Crippen LogP contribution in [0.4, 0.5) is 0 Å². The average Bonchev–Trinajstić information content (AvgIpc) is 3.52. The third-order valence-corrected chi connectivity index (χ3v) is 7.47. The smallest absolute Gasteiger partial charge is 0.252 e. The molecule has 0 radical (unpaired) electrons. The Morgan fingerprint density at radius 2 is 1.81 bits per heavy atom. The van der Waals surface area contributed by atoms with Gasteiger partial charge in [-0.2, -0.15) is 0 Å². The number of rotatable bonds is 8. The Balaban J connectivity index is 1.57. The lowest BCUT2D eigenvalue weighted by molar-refractivity contribution is 0.123. The predicted octanol–water partition coefficient (Wildman–Crippen LogP) is 5.65. The third-order valence-electron chi connectivity index (χ3n) is 7.47. The van der Waals surface area contributed by atoms with Crippen LogP contribution >= 0.6 is 0 Å². The number of nitrogens with zero attached hydrogens (tertiary/aromatic N) is 5. The van der Waals surface area contributed by atoms with E-state index in [1.807, 2.05) is 12.1 Å². The molecule has 0 aliphatic heterocycles. The van der Waals surface area contributed by atoms with Crippen LogP contribution in [0.5, 0.6) is 0 Å². The molecule has 188 valence electrons. The number of nitrogens with one attached hydrogen (secondary N) is 1. The summed E-state index contributed by atoms with van der Waals surface area (Å²) in [5.74, 6) is 1.15. The van der Waals surface area contributed by atoms with Gasteiger partial charge in [0.2, 0.25) is 0 Å². The number of hydrogen-bond donors (Lipinski definition) is 1. The molecule has 5 rings (SSSR count). The maximum atomic E-state index is 13.3. The highest BCUT2D eigenvalue weighted by molar-refractivity contribution is 5.83. The highest BCUT2D eigenvalue weighted by Gasteiger charge is 2.32. The summed E-state index contributed by atoms with van der Waals surface area (Å²) in [5.41, 5.74) is 5.13. The van der Waals surface area contributed by atoms with E-state index in [4.69, 9.17) is 0 Å². The molecule has 1 N–H and O–H groups in total. The predicted molar refractivity (Wildman–Crippen MR) is 143 cm³/mol. The maximum absolute atomic E-state index is 13.3. The van der Waals surface area contributed by atoms with Gasteiger partial charge in [0.1, 0.15) is 0 Å². The number of aromatic nitrogens is 5. The van der Waals surface area contributed by atoms with Crippen LogP contribution in [0.2, 0.25) is 0 Å². The quantitative estimate of drug-likeness (QED) is 0.350. The van der Waals surface area contributed by atoms with Gasteiger partial charge in [-0.1, -0.05) is 63.1 Å². The molecular formula is C29H36N6O. The van der Waals surface area contributed by atoms with Gasteiger partial charge in [-0.25, -0.2) is 4.68 Å². The number of H-pyrrole nitrogens is 1. The van der Waals surface area contributed by atoms with Gasteiger partial charge in [-0.3, -0.25) is 9.69 Å². The standard InChI is InChI=1S/C29H36N6O/c1-19(2)27(28-31-32-33-35(28)24-12-8-9-13-24)34(17-22-10-6-5-7-11-22)18-23-16-25-21(4)14-20(3)15-26(25)30-29(23)36/h5-7,10-11,14-16,19,24,27H,8-9,12-13,17-18H2,1-4H3,(H,30,36)/t27-/m1/s1. The summed E-state index contributed by atoms with van der Waals surface area (Å²) in [6.45, 7) is 9.80. The van der Waals surface area contributed by atoms with Crippen LogP contribution in [0.1, 0.15) is 79.7 Å². The molecule has 0 spiro atoms. The summed E-state index contributed by atoms with van der Waals surface area (Å²) >= 11 is 0.